The van der Waals surface area contributed by atoms with Gasteiger partial charge in [0.1, 0.15) is 11.5 Å². The average Bonchev–Trinajstić information content (AvgIpc) is 2.62. The van der Waals surface area contributed by atoms with Crippen molar-refractivity contribution in [1.82, 2.24) is 5.32 Å². The smallest absolute Gasteiger partial charge is 0.244 e. The van der Waals surface area contributed by atoms with Gasteiger partial charge in [0.15, 0.2) is 11.6 Å². The van der Waals surface area contributed by atoms with Gasteiger partial charge >= 0.3 is 0 Å². The van der Waals surface area contributed by atoms with Crippen molar-refractivity contribution in [2.45, 2.75) is 13.5 Å². The zero-order valence-electron chi connectivity index (χ0n) is 15.7. The third-order valence-corrected chi connectivity index (χ3v) is 4.23. The Kier molecular flexibility index (Phi) is 7.27. The minimum Gasteiger partial charge on any atom is -0.385 e. The molecule has 2 aromatic carbocycles. The van der Waals surface area contributed by atoms with Crippen LogP contribution in [0.1, 0.15) is 18.1 Å². The molecule has 0 aromatic heterocycles. The van der Waals surface area contributed by atoms with Gasteiger partial charge in [0.25, 0.3) is 0 Å². The van der Waals surface area contributed by atoms with Crippen molar-refractivity contribution in [3.05, 3.63) is 65.0 Å². The molecular formula is C19H20F3N3O3S. The van der Waals surface area contributed by atoms with Gasteiger partial charge < -0.3 is 10.6 Å². The normalized spacial score (nSPS) is 11.5. The average molecular weight is 427 g/mol. The molecule has 0 saturated heterocycles. The largest absolute Gasteiger partial charge is 0.385 e. The fourth-order valence-corrected chi connectivity index (χ4v) is 3.01. The van der Waals surface area contributed by atoms with Crippen LogP contribution < -0.4 is 15.4 Å². The number of rotatable bonds is 8. The van der Waals surface area contributed by atoms with Gasteiger partial charge in [-0.25, -0.2) is 21.6 Å². The molecule has 0 aliphatic carbocycles. The number of amides is 1. The van der Waals surface area contributed by atoms with Crippen molar-refractivity contribution < 1.29 is 26.4 Å². The van der Waals surface area contributed by atoms with E-state index in [0.29, 0.717) is 17.8 Å². The van der Waals surface area contributed by atoms with Crippen LogP contribution in [-0.4, -0.2) is 27.1 Å². The first-order valence-corrected chi connectivity index (χ1v) is 10.4. The summed E-state index contributed by atoms with van der Waals surface area (Å²) >= 11 is 0. The number of halogens is 3. The first-order chi connectivity index (χ1) is 13.6. The maximum atomic E-state index is 14.0. The molecule has 10 heteroatoms. The van der Waals surface area contributed by atoms with Crippen LogP contribution in [0.4, 0.5) is 24.5 Å². The van der Waals surface area contributed by atoms with Crippen LogP contribution in [0, 0.1) is 17.5 Å². The van der Waals surface area contributed by atoms with E-state index >= 15 is 0 Å². The predicted molar refractivity (Wildman–Crippen MR) is 106 cm³/mol. The first kappa shape index (κ1) is 22.3. The third kappa shape index (κ3) is 6.83. The number of anilines is 2. The molecule has 0 spiro atoms. The molecule has 0 fully saturated rings. The molecule has 0 saturated carbocycles. The summed E-state index contributed by atoms with van der Waals surface area (Å²) in [4.78, 5) is 12.0. The lowest BCUT2D eigenvalue weighted by Gasteiger charge is -2.10. The molecule has 156 valence electrons. The number of carbonyl (C=O) groups is 1. The van der Waals surface area contributed by atoms with Crippen molar-refractivity contribution in [2.24, 2.45) is 0 Å². The molecule has 0 bridgehead atoms. The van der Waals surface area contributed by atoms with E-state index in [9.17, 15) is 26.4 Å². The highest BCUT2D eigenvalue weighted by atomic mass is 32.2. The zero-order chi connectivity index (χ0) is 21.6. The number of benzene rings is 2. The summed E-state index contributed by atoms with van der Waals surface area (Å²) in [5, 5.41) is 5.44. The van der Waals surface area contributed by atoms with Crippen LogP contribution in [0.5, 0.6) is 0 Å². The number of hydrogen-bond acceptors (Lipinski definition) is 4. The second kappa shape index (κ2) is 9.46. The molecule has 0 atom stereocenters. The van der Waals surface area contributed by atoms with Crippen molar-refractivity contribution in [3.63, 3.8) is 0 Å². The molecule has 29 heavy (non-hydrogen) atoms. The van der Waals surface area contributed by atoms with E-state index in [2.05, 4.69) is 10.6 Å². The Morgan fingerprint density at radius 1 is 1.10 bits per heavy atom. The zero-order valence-corrected chi connectivity index (χ0v) is 16.5. The summed E-state index contributed by atoms with van der Waals surface area (Å²) in [7, 11) is -3.84. The summed E-state index contributed by atoms with van der Waals surface area (Å²) in [6.45, 7) is 2.23. The Hall–Kier alpha value is -3.01. The summed E-state index contributed by atoms with van der Waals surface area (Å²) in [5.74, 6) is -3.15. The van der Waals surface area contributed by atoms with Gasteiger partial charge in [0.2, 0.25) is 15.9 Å². The van der Waals surface area contributed by atoms with E-state index < -0.39 is 39.1 Å². The van der Waals surface area contributed by atoms with Crippen molar-refractivity contribution in [3.8, 4) is 0 Å². The van der Waals surface area contributed by atoms with Crippen LogP contribution in [0.2, 0.25) is 0 Å². The standard InChI is InChI=1S/C19H20F3N3O3S/c1-3-23-17-10-14(20)6-4-13(17)5-7-18(26)24-11-12-8-15(21)19(16(22)9-12)25-29(2,27)28/h4-10,23,25H,3,11H2,1-2H3,(H,24,26)/b7-5+. The van der Waals surface area contributed by atoms with Gasteiger partial charge in [0.05, 0.1) is 6.26 Å². The fraction of sp³-hybridized carbons (Fsp3) is 0.211. The maximum Gasteiger partial charge on any atom is 0.244 e. The van der Waals surface area contributed by atoms with Crippen LogP contribution in [0.15, 0.2) is 36.4 Å². The number of hydrogen-bond donors (Lipinski definition) is 3. The second-order valence-corrected chi connectivity index (χ2v) is 7.87. The van der Waals surface area contributed by atoms with Crippen LogP contribution in [0.3, 0.4) is 0 Å². The van der Waals surface area contributed by atoms with Crippen LogP contribution in [0.25, 0.3) is 6.08 Å². The molecule has 2 aromatic rings. The molecule has 0 aliphatic rings. The molecule has 0 radical (unpaired) electrons. The van der Waals surface area contributed by atoms with Crippen LogP contribution in [-0.2, 0) is 21.4 Å². The van der Waals surface area contributed by atoms with E-state index in [1.165, 1.54) is 30.4 Å². The Balaban J connectivity index is 2.05. The molecule has 0 unspecified atom stereocenters. The lowest BCUT2D eigenvalue weighted by molar-refractivity contribution is -0.116. The second-order valence-electron chi connectivity index (χ2n) is 6.12. The van der Waals surface area contributed by atoms with E-state index in [0.717, 1.165) is 18.4 Å². The lowest BCUT2D eigenvalue weighted by atomic mass is 10.1. The van der Waals surface area contributed by atoms with Gasteiger partial charge in [-0.2, -0.15) is 0 Å². The molecule has 0 heterocycles. The Bertz CT molecular complexity index is 1020. The number of sulfonamides is 1. The Morgan fingerprint density at radius 2 is 1.76 bits per heavy atom. The lowest BCUT2D eigenvalue weighted by Crippen LogP contribution is -2.21. The monoisotopic (exact) mass is 427 g/mol. The molecular weight excluding hydrogens is 407 g/mol. The van der Waals surface area contributed by atoms with Crippen molar-refractivity contribution in [2.75, 3.05) is 22.8 Å². The maximum absolute atomic E-state index is 14.0. The van der Waals surface area contributed by atoms with Crippen LogP contribution >= 0.6 is 0 Å². The minimum atomic E-state index is -3.84. The molecule has 6 nitrogen and oxygen atoms in total. The quantitative estimate of drug-likeness (QED) is 0.565. The van der Waals surface area contributed by atoms with Gasteiger partial charge in [-0.05, 0) is 54.5 Å². The first-order valence-electron chi connectivity index (χ1n) is 8.54. The van der Waals surface area contributed by atoms with Gasteiger partial charge in [-0.15, -0.1) is 0 Å². The van der Waals surface area contributed by atoms with Crippen molar-refractivity contribution in [1.29, 1.82) is 0 Å². The summed E-state index contributed by atoms with van der Waals surface area (Å²) in [6.07, 6.45) is 3.46. The van der Waals surface area contributed by atoms with Gasteiger partial charge in [0, 0.05) is 24.9 Å². The Morgan fingerprint density at radius 3 is 2.34 bits per heavy atom. The summed E-state index contributed by atoms with van der Waals surface area (Å²) < 4.78 is 65.3. The predicted octanol–water partition coefficient (Wildman–Crippen LogP) is 3.24. The topological polar surface area (TPSA) is 87.3 Å². The van der Waals surface area contributed by atoms with E-state index in [4.69, 9.17) is 0 Å². The highest BCUT2D eigenvalue weighted by molar-refractivity contribution is 7.92. The summed E-state index contributed by atoms with van der Waals surface area (Å²) in [6, 6.07) is 5.91. The summed E-state index contributed by atoms with van der Waals surface area (Å²) in [5.41, 5.74) is 0.442. The highest BCUT2D eigenvalue weighted by Gasteiger charge is 2.15. The minimum absolute atomic E-state index is 0.107. The fourth-order valence-electron chi connectivity index (χ4n) is 2.44. The molecule has 0 aliphatic heterocycles. The van der Waals surface area contributed by atoms with Gasteiger partial charge in [-0.3, -0.25) is 9.52 Å². The highest BCUT2D eigenvalue weighted by Crippen LogP contribution is 2.22. The number of carbonyl (C=O) groups excluding carboxylic acids is 1. The van der Waals surface area contributed by atoms with Crippen molar-refractivity contribution >= 4 is 33.4 Å². The third-order valence-electron chi connectivity index (χ3n) is 3.65. The Labute approximate surface area is 166 Å². The SMILES string of the molecule is CCNc1cc(F)ccc1/C=C/C(=O)NCc1cc(F)c(NS(C)(=O)=O)c(F)c1. The molecule has 2 rings (SSSR count). The van der Waals surface area contributed by atoms with E-state index in [-0.39, 0.29) is 12.1 Å². The number of nitrogens with one attached hydrogen (secondary N) is 3. The van der Waals surface area contributed by atoms with E-state index in [1.54, 1.807) is 4.72 Å². The van der Waals surface area contributed by atoms with E-state index in [1.807, 2.05) is 6.92 Å². The van der Waals surface area contributed by atoms with Gasteiger partial charge in [-0.1, -0.05) is 0 Å². The molecule has 1 amide bonds. The molecule has 3 N–H and O–H groups in total.